The van der Waals surface area contributed by atoms with Gasteiger partial charge in [0.1, 0.15) is 6.10 Å². The van der Waals surface area contributed by atoms with Crippen LogP contribution >= 0.6 is 0 Å². The molecule has 1 aliphatic rings. The minimum Gasteiger partial charge on any atom is -0.478 e. The van der Waals surface area contributed by atoms with Crippen LogP contribution in [0.3, 0.4) is 0 Å². The first kappa shape index (κ1) is 13.7. The van der Waals surface area contributed by atoms with Gasteiger partial charge in [0.05, 0.1) is 23.5 Å². The van der Waals surface area contributed by atoms with Crippen molar-refractivity contribution >= 4 is 5.97 Å². The van der Waals surface area contributed by atoms with Gasteiger partial charge in [-0.15, -0.1) is 0 Å². The first-order chi connectivity index (χ1) is 8.95. The fourth-order valence-electron chi connectivity index (χ4n) is 2.30. The molecule has 0 amide bonds. The van der Waals surface area contributed by atoms with Gasteiger partial charge >= 0.3 is 12.0 Å². The van der Waals surface area contributed by atoms with E-state index in [1.54, 1.807) is 6.92 Å². The average molecular weight is 266 g/mol. The lowest BCUT2D eigenvalue weighted by Crippen LogP contribution is -2.36. The smallest absolute Gasteiger partial charge is 0.339 e. The van der Waals surface area contributed by atoms with Crippen LogP contribution in [-0.4, -0.2) is 39.4 Å². The Labute approximate surface area is 111 Å². The molecule has 6 nitrogen and oxygen atoms in total. The molecule has 2 atom stereocenters. The van der Waals surface area contributed by atoms with Gasteiger partial charge in [-0.25, -0.2) is 9.78 Å². The summed E-state index contributed by atoms with van der Waals surface area (Å²) < 4.78 is 11.3. The van der Waals surface area contributed by atoms with Crippen molar-refractivity contribution in [2.24, 2.45) is 0 Å². The fraction of sp³-hybridized carbons (Fsp3) is 0.615. The van der Waals surface area contributed by atoms with Crippen molar-refractivity contribution in [3.05, 3.63) is 17.5 Å². The molecule has 1 aromatic rings. The van der Waals surface area contributed by atoms with Crippen molar-refractivity contribution < 1.29 is 19.4 Å². The number of hydrogen-bond donors (Lipinski definition) is 1. The van der Waals surface area contributed by atoms with Crippen LogP contribution in [-0.2, 0) is 4.74 Å². The van der Waals surface area contributed by atoms with Gasteiger partial charge in [0.25, 0.3) is 0 Å². The van der Waals surface area contributed by atoms with Crippen molar-refractivity contribution in [1.82, 2.24) is 9.97 Å². The number of aromatic nitrogens is 2. The molecule has 1 aromatic heterocycles. The molecule has 104 valence electrons. The van der Waals surface area contributed by atoms with Gasteiger partial charge < -0.3 is 14.6 Å². The third-order valence-electron chi connectivity index (χ3n) is 3.11. The molecule has 0 aliphatic carbocycles. The molecule has 0 bridgehead atoms. The summed E-state index contributed by atoms with van der Waals surface area (Å²) in [7, 11) is 0. The lowest BCUT2D eigenvalue weighted by atomic mass is 10.0. The summed E-state index contributed by atoms with van der Waals surface area (Å²) in [6.07, 6.45) is 3.16. The fourth-order valence-corrected chi connectivity index (χ4v) is 2.30. The number of ether oxygens (including phenoxy) is 2. The van der Waals surface area contributed by atoms with Crippen LogP contribution in [0.15, 0.2) is 6.20 Å². The van der Waals surface area contributed by atoms with Crippen LogP contribution in [0.4, 0.5) is 0 Å². The molecule has 0 radical (unpaired) electrons. The van der Waals surface area contributed by atoms with Gasteiger partial charge in [0, 0.05) is 19.0 Å². The van der Waals surface area contributed by atoms with Gasteiger partial charge in [0.2, 0.25) is 0 Å². The second-order valence-electron chi connectivity index (χ2n) is 4.93. The summed E-state index contributed by atoms with van der Waals surface area (Å²) in [5.41, 5.74) is 0.506. The molecule has 1 saturated heterocycles. The van der Waals surface area contributed by atoms with Crippen molar-refractivity contribution in [2.45, 2.75) is 51.9 Å². The molecule has 0 saturated carbocycles. The monoisotopic (exact) mass is 266 g/mol. The minimum atomic E-state index is -1.03. The van der Waals surface area contributed by atoms with Gasteiger partial charge in [-0.1, -0.05) is 0 Å². The summed E-state index contributed by atoms with van der Waals surface area (Å²) in [6, 6.07) is 0.230. The third kappa shape index (κ3) is 3.41. The Morgan fingerprint density at radius 2 is 2.05 bits per heavy atom. The highest BCUT2D eigenvalue weighted by Crippen LogP contribution is 2.22. The standard InChI is InChI=1S/C13H18N2O4/c1-7-4-10(5-8(2)18-7)19-13-14-6-11(12(16)17)9(3)15-13/h6-8,10H,4-5H2,1-3H3,(H,16,17). The normalized spacial score (nSPS) is 27.0. The molecule has 2 rings (SSSR count). The Morgan fingerprint density at radius 3 is 2.58 bits per heavy atom. The Hall–Kier alpha value is -1.69. The number of carbonyl (C=O) groups is 1. The molecule has 0 aromatic carbocycles. The molecule has 6 heteroatoms. The topological polar surface area (TPSA) is 81.5 Å². The van der Waals surface area contributed by atoms with E-state index in [1.165, 1.54) is 6.20 Å². The number of carboxylic acid groups (broad SMARTS) is 1. The zero-order valence-corrected chi connectivity index (χ0v) is 11.3. The minimum absolute atomic E-state index is 0.00817. The maximum Gasteiger partial charge on any atom is 0.339 e. The van der Waals surface area contributed by atoms with Crippen LogP contribution in [0, 0.1) is 6.92 Å². The van der Waals surface area contributed by atoms with Crippen LogP contribution in [0.5, 0.6) is 6.01 Å². The molecule has 2 heterocycles. The van der Waals surface area contributed by atoms with Gasteiger partial charge in [-0.3, -0.25) is 0 Å². The molecule has 1 aliphatic heterocycles. The maximum atomic E-state index is 10.9. The lowest BCUT2D eigenvalue weighted by molar-refractivity contribution is -0.0739. The zero-order chi connectivity index (χ0) is 14.0. The van der Waals surface area contributed by atoms with E-state index in [0.29, 0.717) is 5.69 Å². The Morgan fingerprint density at radius 1 is 1.42 bits per heavy atom. The Balaban J connectivity index is 2.07. The second kappa shape index (κ2) is 5.52. The Kier molecular flexibility index (Phi) is 3.99. The molecule has 2 unspecified atom stereocenters. The summed E-state index contributed by atoms with van der Waals surface area (Å²) in [5.74, 6) is -1.03. The number of aromatic carboxylic acids is 1. The van der Waals surface area contributed by atoms with Gasteiger partial charge in [-0.2, -0.15) is 4.98 Å². The molecule has 1 N–H and O–H groups in total. The van der Waals surface area contributed by atoms with Crippen molar-refractivity contribution in [3.63, 3.8) is 0 Å². The van der Waals surface area contributed by atoms with Crippen molar-refractivity contribution in [1.29, 1.82) is 0 Å². The summed E-state index contributed by atoms with van der Waals surface area (Å²) in [6.45, 7) is 5.64. The first-order valence-electron chi connectivity index (χ1n) is 6.34. The van der Waals surface area contributed by atoms with E-state index in [9.17, 15) is 4.79 Å². The van der Waals surface area contributed by atoms with E-state index in [4.69, 9.17) is 14.6 Å². The number of rotatable bonds is 3. The highest BCUT2D eigenvalue weighted by atomic mass is 16.5. The lowest BCUT2D eigenvalue weighted by Gasteiger charge is -2.31. The van der Waals surface area contributed by atoms with E-state index in [1.807, 2.05) is 13.8 Å². The third-order valence-corrected chi connectivity index (χ3v) is 3.11. The van der Waals surface area contributed by atoms with Crippen molar-refractivity contribution in [2.75, 3.05) is 0 Å². The quantitative estimate of drug-likeness (QED) is 0.898. The van der Waals surface area contributed by atoms with E-state index >= 15 is 0 Å². The summed E-state index contributed by atoms with van der Waals surface area (Å²) in [5, 5.41) is 8.91. The maximum absolute atomic E-state index is 10.9. The molecule has 19 heavy (non-hydrogen) atoms. The number of carboxylic acids is 1. The van der Waals surface area contributed by atoms with E-state index in [0.717, 1.165) is 12.8 Å². The van der Waals surface area contributed by atoms with Crippen molar-refractivity contribution in [3.8, 4) is 6.01 Å². The first-order valence-corrected chi connectivity index (χ1v) is 6.34. The second-order valence-corrected chi connectivity index (χ2v) is 4.93. The molecule has 0 spiro atoms. The highest BCUT2D eigenvalue weighted by Gasteiger charge is 2.26. The highest BCUT2D eigenvalue weighted by molar-refractivity contribution is 5.88. The van der Waals surface area contributed by atoms with Crippen LogP contribution < -0.4 is 4.74 Å². The van der Waals surface area contributed by atoms with E-state index < -0.39 is 5.97 Å². The number of aryl methyl sites for hydroxylation is 1. The predicted molar refractivity (Wildman–Crippen MR) is 67.4 cm³/mol. The molecular formula is C13H18N2O4. The largest absolute Gasteiger partial charge is 0.478 e. The number of hydrogen-bond acceptors (Lipinski definition) is 5. The van der Waals surface area contributed by atoms with E-state index in [2.05, 4.69) is 9.97 Å². The molecular weight excluding hydrogens is 248 g/mol. The van der Waals surface area contributed by atoms with Gasteiger partial charge in [-0.05, 0) is 20.8 Å². The number of nitrogens with zero attached hydrogens (tertiary/aromatic N) is 2. The van der Waals surface area contributed by atoms with Crippen LogP contribution in [0.2, 0.25) is 0 Å². The van der Waals surface area contributed by atoms with Crippen LogP contribution in [0.1, 0.15) is 42.7 Å². The zero-order valence-electron chi connectivity index (χ0n) is 11.3. The summed E-state index contributed by atoms with van der Waals surface area (Å²) in [4.78, 5) is 18.9. The predicted octanol–water partition coefficient (Wildman–Crippen LogP) is 1.82. The summed E-state index contributed by atoms with van der Waals surface area (Å²) >= 11 is 0. The average Bonchev–Trinajstić information content (AvgIpc) is 2.26. The molecule has 1 fully saturated rings. The Bertz CT molecular complexity index is 468. The van der Waals surface area contributed by atoms with E-state index in [-0.39, 0.29) is 29.9 Å². The SMILES string of the molecule is Cc1nc(OC2CC(C)OC(C)C2)ncc1C(=O)O. The van der Waals surface area contributed by atoms with Gasteiger partial charge in [0.15, 0.2) is 0 Å². The van der Waals surface area contributed by atoms with Crippen LogP contribution in [0.25, 0.3) is 0 Å².